The van der Waals surface area contributed by atoms with Gasteiger partial charge in [-0.05, 0) is 48.7 Å². The Labute approximate surface area is 181 Å². The van der Waals surface area contributed by atoms with Crippen LogP contribution in [0.5, 0.6) is 5.75 Å². The first kappa shape index (κ1) is 23.0. The Kier molecular flexibility index (Phi) is 8.80. The van der Waals surface area contributed by atoms with E-state index in [0.29, 0.717) is 35.1 Å². The topological polar surface area (TPSA) is 58.6 Å². The summed E-state index contributed by atoms with van der Waals surface area (Å²) >= 11 is 12.2. The third kappa shape index (κ3) is 6.38. The lowest BCUT2D eigenvalue weighted by molar-refractivity contribution is -0.140. The highest BCUT2D eigenvalue weighted by molar-refractivity contribution is 6.35. The van der Waals surface area contributed by atoms with E-state index in [0.717, 1.165) is 11.3 Å². The summed E-state index contributed by atoms with van der Waals surface area (Å²) in [6, 6.07) is 11.9. The molecule has 0 bridgehead atoms. The van der Waals surface area contributed by atoms with Gasteiger partial charge in [0, 0.05) is 23.1 Å². The van der Waals surface area contributed by atoms with Gasteiger partial charge in [-0.1, -0.05) is 48.3 Å². The fourth-order valence-corrected chi connectivity index (χ4v) is 3.54. The average Bonchev–Trinajstić information content (AvgIpc) is 2.70. The number of carbonyl (C=O) groups excluding carboxylic acids is 2. The normalized spacial score (nSPS) is 11.6. The van der Waals surface area contributed by atoms with Gasteiger partial charge in [-0.15, -0.1) is 0 Å². The minimum absolute atomic E-state index is 0.0854. The lowest BCUT2D eigenvalue weighted by Gasteiger charge is -2.31. The molecule has 0 saturated heterocycles. The second-order valence-corrected chi connectivity index (χ2v) is 7.44. The Balaban J connectivity index is 2.30. The number of amides is 2. The molecule has 2 amide bonds. The molecule has 2 aromatic carbocycles. The van der Waals surface area contributed by atoms with Crippen molar-refractivity contribution >= 4 is 35.0 Å². The summed E-state index contributed by atoms with van der Waals surface area (Å²) in [6.45, 7) is 4.56. The van der Waals surface area contributed by atoms with E-state index in [2.05, 4.69) is 5.32 Å². The van der Waals surface area contributed by atoms with Crippen molar-refractivity contribution in [1.29, 1.82) is 0 Å². The van der Waals surface area contributed by atoms with Crippen molar-refractivity contribution in [2.45, 2.75) is 39.3 Å². The third-order valence-electron chi connectivity index (χ3n) is 4.61. The quantitative estimate of drug-likeness (QED) is 0.629. The molecule has 2 aromatic rings. The Morgan fingerprint density at radius 2 is 1.79 bits per heavy atom. The maximum atomic E-state index is 13.2. The summed E-state index contributed by atoms with van der Waals surface area (Å²) < 4.78 is 5.19. The van der Waals surface area contributed by atoms with Crippen LogP contribution in [0.25, 0.3) is 0 Å². The number of nitrogens with one attached hydrogen (secondary N) is 1. The molecule has 0 heterocycles. The highest BCUT2D eigenvalue weighted by Gasteiger charge is 2.28. The maximum Gasteiger partial charge on any atom is 0.242 e. The molecule has 0 unspecified atom stereocenters. The summed E-state index contributed by atoms with van der Waals surface area (Å²) in [5.74, 6) is 0.387. The number of likely N-dealkylation sites (N-methyl/N-ethyl adjacent to an activating group) is 1. The zero-order valence-electron chi connectivity index (χ0n) is 16.9. The second kappa shape index (κ2) is 11.1. The molecule has 5 nitrogen and oxygen atoms in total. The number of rotatable bonds is 9. The van der Waals surface area contributed by atoms with Crippen molar-refractivity contribution < 1.29 is 14.3 Å². The van der Waals surface area contributed by atoms with E-state index in [1.165, 1.54) is 0 Å². The van der Waals surface area contributed by atoms with Gasteiger partial charge in [0.2, 0.25) is 11.8 Å². The summed E-state index contributed by atoms with van der Waals surface area (Å²) in [7, 11) is 1.60. The van der Waals surface area contributed by atoms with Crippen molar-refractivity contribution in [3.63, 3.8) is 0 Å². The summed E-state index contributed by atoms with van der Waals surface area (Å²) in [5, 5.41) is 3.76. The number of hydrogen-bond acceptors (Lipinski definition) is 3. The van der Waals surface area contributed by atoms with Gasteiger partial charge in [-0.3, -0.25) is 9.59 Å². The molecule has 1 N–H and O–H groups in total. The molecular formula is C22H26Cl2N2O3. The molecule has 29 heavy (non-hydrogen) atoms. The van der Waals surface area contributed by atoms with Gasteiger partial charge in [-0.2, -0.15) is 0 Å². The number of ether oxygens (including phenoxy) is 1. The lowest BCUT2D eigenvalue weighted by Crippen LogP contribution is -2.49. The Morgan fingerprint density at radius 3 is 2.34 bits per heavy atom. The largest absolute Gasteiger partial charge is 0.497 e. The van der Waals surface area contributed by atoms with Gasteiger partial charge in [0.1, 0.15) is 11.8 Å². The van der Waals surface area contributed by atoms with Gasteiger partial charge in [-0.25, -0.2) is 0 Å². The van der Waals surface area contributed by atoms with Crippen LogP contribution in [0, 0.1) is 0 Å². The first-order chi connectivity index (χ1) is 13.9. The molecule has 0 radical (unpaired) electrons. The predicted octanol–water partition coefficient (Wildman–Crippen LogP) is 4.49. The van der Waals surface area contributed by atoms with Crippen LogP contribution >= 0.6 is 23.2 Å². The third-order valence-corrected chi connectivity index (χ3v) is 5.19. The lowest BCUT2D eigenvalue weighted by atomic mass is 10.1. The van der Waals surface area contributed by atoms with E-state index in [1.807, 2.05) is 38.1 Å². The molecule has 0 fully saturated rings. The van der Waals surface area contributed by atoms with Gasteiger partial charge in [0.05, 0.1) is 13.5 Å². The van der Waals surface area contributed by atoms with Crippen LogP contribution in [0.15, 0.2) is 42.5 Å². The molecule has 0 saturated carbocycles. The van der Waals surface area contributed by atoms with Crippen molar-refractivity contribution in [3.05, 3.63) is 63.6 Å². The second-order valence-electron chi connectivity index (χ2n) is 6.60. The van der Waals surface area contributed by atoms with Crippen LogP contribution in [-0.4, -0.2) is 36.4 Å². The average molecular weight is 437 g/mol. The van der Waals surface area contributed by atoms with E-state index >= 15 is 0 Å². The van der Waals surface area contributed by atoms with Crippen LogP contribution in [0.1, 0.15) is 31.4 Å². The van der Waals surface area contributed by atoms with Gasteiger partial charge in [0.25, 0.3) is 0 Å². The molecule has 0 spiro atoms. The Bertz CT molecular complexity index is 840. The van der Waals surface area contributed by atoms with E-state index in [9.17, 15) is 9.59 Å². The van der Waals surface area contributed by atoms with Crippen LogP contribution in [-0.2, 0) is 22.6 Å². The van der Waals surface area contributed by atoms with Crippen LogP contribution < -0.4 is 10.1 Å². The molecule has 0 aromatic heterocycles. The van der Waals surface area contributed by atoms with Gasteiger partial charge in [0.15, 0.2) is 0 Å². The first-order valence-corrected chi connectivity index (χ1v) is 10.3. The van der Waals surface area contributed by atoms with Crippen LogP contribution in [0.2, 0.25) is 10.0 Å². The number of hydrogen-bond donors (Lipinski definition) is 1. The number of halogens is 2. The summed E-state index contributed by atoms with van der Waals surface area (Å²) in [4.78, 5) is 27.4. The van der Waals surface area contributed by atoms with E-state index < -0.39 is 6.04 Å². The minimum atomic E-state index is -0.573. The number of methoxy groups -OCH3 is 1. The van der Waals surface area contributed by atoms with E-state index in [-0.39, 0.29) is 18.2 Å². The SMILES string of the molecule is CCNC(=O)[C@H](CC)N(Cc1ccc(OC)cc1)C(=O)Cc1ccc(Cl)cc1Cl. The van der Waals surface area contributed by atoms with Crippen LogP contribution in [0.3, 0.4) is 0 Å². The fourth-order valence-electron chi connectivity index (χ4n) is 3.07. The highest BCUT2D eigenvalue weighted by atomic mass is 35.5. The first-order valence-electron chi connectivity index (χ1n) is 9.53. The zero-order chi connectivity index (χ0) is 21.4. The Hall–Kier alpha value is -2.24. The van der Waals surface area contributed by atoms with Crippen molar-refractivity contribution in [1.82, 2.24) is 10.2 Å². The maximum absolute atomic E-state index is 13.2. The highest BCUT2D eigenvalue weighted by Crippen LogP contribution is 2.23. The summed E-state index contributed by atoms with van der Waals surface area (Å²) in [6.07, 6.45) is 0.587. The molecule has 0 aliphatic carbocycles. The van der Waals surface area contributed by atoms with E-state index in [1.54, 1.807) is 30.2 Å². The van der Waals surface area contributed by atoms with Gasteiger partial charge >= 0.3 is 0 Å². The molecule has 1 atom stereocenters. The van der Waals surface area contributed by atoms with Crippen molar-refractivity contribution in [2.24, 2.45) is 0 Å². The standard InChI is InChI=1S/C22H26Cl2N2O3/c1-4-20(22(28)25-5-2)26(14-15-6-10-18(29-3)11-7-15)21(27)12-16-8-9-17(23)13-19(16)24/h6-11,13,20H,4-5,12,14H2,1-3H3,(H,25,28)/t20-/m0/s1. The predicted molar refractivity (Wildman–Crippen MR) is 116 cm³/mol. The smallest absolute Gasteiger partial charge is 0.242 e. The number of benzene rings is 2. The molecule has 0 aliphatic heterocycles. The van der Waals surface area contributed by atoms with Gasteiger partial charge < -0.3 is 15.0 Å². The van der Waals surface area contributed by atoms with Crippen molar-refractivity contribution in [3.8, 4) is 5.75 Å². The Morgan fingerprint density at radius 1 is 1.10 bits per heavy atom. The monoisotopic (exact) mass is 436 g/mol. The van der Waals surface area contributed by atoms with Crippen LogP contribution in [0.4, 0.5) is 0 Å². The number of carbonyl (C=O) groups is 2. The molecule has 7 heteroatoms. The fraction of sp³-hybridized carbons (Fsp3) is 0.364. The minimum Gasteiger partial charge on any atom is -0.497 e. The molecule has 2 rings (SSSR count). The summed E-state index contributed by atoms with van der Waals surface area (Å²) in [5.41, 5.74) is 1.58. The zero-order valence-corrected chi connectivity index (χ0v) is 18.4. The van der Waals surface area contributed by atoms with E-state index in [4.69, 9.17) is 27.9 Å². The number of nitrogens with zero attached hydrogens (tertiary/aromatic N) is 1. The molecule has 0 aliphatic rings. The molecule has 156 valence electrons. The van der Waals surface area contributed by atoms with Crippen molar-refractivity contribution in [2.75, 3.05) is 13.7 Å². The molecular weight excluding hydrogens is 411 g/mol.